The molecule has 0 aliphatic carbocycles. The van der Waals surface area contributed by atoms with Crippen LogP contribution in [0.4, 0.5) is 0 Å². The van der Waals surface area contributed by atoms with E-state index in [1.807, 2.05) is 6.08 Å². The van der Waals surface area contributed by atoms with Crippen LogP contribution in [0.1, 0.15) is 373 Å². The van der Waals surface area contributed by atoms with E-state index in [0.717, 1.165) is 38.5 Å². The molecule has 74 heavy (non-hydrogen) atoms. The highest BCUT2D eigenvalue weighted by molar-refractivity contribution is 5.76. The number of allylic oxidation sites excluding steroid dienone is 3. The molecule has 6 nitrogen and oxygen atoms in total. The second-order valence-corrected chi connectivity index (χ2v) is 23.2. The van der Waals surface area contributed by atoms with Crippen LogP contribution in [0, 0.1) is 0 Å². The molecule has 2 unspecified atom stereocenters. The number of esters is 1. The Morgan fingerprint density at radius 3 is 0.959 bits per heavy atom. The van der Waals surface area contributed by atoms with E-state index in [1.165, 1.54) is 308 Å². The lowest BCUT2D eigenvalue weighted by atomic mass is 10.0. The average molecular weight is 1040 g/mol. The molecule has 0 heterocycles. The highest BCUT2D eigenvalue weighted by Gasteiger charge is 2.18. The van der Waals surface area contributed by atoms with Crippen molar-refractivity contribution in [1.82, 2.24) is 5.32 Å². The van der Waals surface area contributed by atoms with Gasteiger partial charge in [-0.2, -0.15) is 0 Å². The quantitative estimate of drug-likeness (QED) is 0.0320. The summed E-state index contributed by atoms with van der Waals surface area (Å²) >= 11 is 0. The Morgan fingerprint density at radius 2 is 0.635 bits per heavy atom. The minimum Gasteiger partial charge on any atom is -0.466 e. The number of hydrogen-bond acceptors (Lipinski definition) is 5. The molecule has 0 rings (SSSR count). The van der Waals surface area contributed by atoms with Gasteiger partial charge in [0.05, 0.1) is 25.4 Å². The largest absolute Gasteiger partial charge is 0.466 e. The topological polar surface area (TPSA) is 95.9 Å². The highest BCUT2D eigenvalue weighted by Crippen LogP contribution is 2.18. The lowest BCUT2D eigenvalue weighted by molar-refractivity contribution is -0.143. The van der Waals surface area contributed by atoms with E-state index < -0.39 is 12.1 Å². The first-order valence-electron chi connectivity index (χ1n) is 33.6. The van der Waals surface area contributed by atoms with Gasteiger partial charge in [-0.1, -0.05) is 327 Å². The third kappa shape index (κ3) is 59.6. The lowest BCUT2D eigenvalue weighted by Gasteiger charge is -2.20. The monoisotopic (exact) mass is 1040 g/mol. The molecule has 438 valence electrons. The van der Waals surface area contributed by atoms with E-state index in [4.69, 9.17) is 4.74 Å². The van der Waals surface area contributed by atoms with Gasteiger partial charge in [0.2, 0.25) is 5.91 Å². The zero-order valence-electron chi connectivity index (χ0n) is 50.1. The van der Waals surface area contributed by atoms with Crippen molar-refractivity contribution in [1.29, 1.82) is 0 Å². The van der Waals surface area contributed by atoms with Crippen molar-refractivity contribution in [2.24, 2.45) is 0 Å². The number of unbranched alkanes of at least 4 members (excludes halogenated alkanes) is 50. The fourth-order valence-corrected chi connectivity index (χ4v) is 10.6. The molecule has 0 saturated carbocycles. The first-order chi connectivity index (χ1) is 36.5. The molecule has 1 amide bonds. The number of hydrogen-bond donors (Lipinski definition) is 3. The maximum Gasteiger partial charge on any atom is 0.305 e. The molecule has 0 fully saturated rings. The Morgan fingerprint density at radius 1 is 0.365 bits per heavy atom. The number of rotatable bonds is 63. The summed E-state index contributed by atoms with van der Waals surface area (Å²) in [6.07, 6.45) is 79.7. The zero-order chi connectivity index (χ0) is 53.6. The predicted octanol–water partition coefficient (Wildman–Crippen LogP) is 21.4. The molecule has 0 aromatic rings. The van der Waals surface area contributed by atoms with E-state index in [9.17, 15) is 19.8 Å². The molecule has 0 spiro atoms. The van der Waals surface area contributed by atoms with Crippen molar-refractivity contribution in [3.63, 3.8) is 0 Å². The second kappa shape index (κ2) is 63.9. The molecule has 0 aliphatic heterocycles. The van der Waals surface area contributed by atoms with Gasteiger partial charge in [0.1, 0.15) is 0 Å². The molecular weight excluding hydrogens is 911 g/mol. The third-order valence-electron chi connectivity index (χ3n) is 15.7. The van der Waals surface area contributed by atoms with Gasteiger partial charge in [-0.3, -0.25) is 9.59 Å². The molecule has 0 aromatic carbocycles. The Hall–Kier alpha value is -1.66. The third-order valence-corrected chi connectivity index (χ3v) is 15.7. The van der Waals surface area contributed by atoms with Gasteiger partial charge >= 0.3 is 5.97 Å². The Kier molecular flexibility index (Phi) is 62.4. The first-order valence-corrected chi connectivity index (χ1v) is 33.6. The summed E-state index contributed by atoms with van der Waals surface area (Å²) in [4.78, 5) is 24.5. The molecule has 2 atom stereocenters. The van der Waals surface area contributed by atoms with Crippen molar-refractivity contribution in [3.8, 4) is 0 Å². The minimum atomic E-state index is -0.841. The summed E-state index contributed by atoms with van der Waals surface area (Å²) in [7, 11) is 0. The van der Waals surface area contributed by atoms with E-state index >= 15 is 0 Å². The van der Waals surface area contributed by atoms with Crippen molar-refractivity contribution in [3.05, 3.63) is 24.3 Å². The second-order valence-electron chi connectivity index (χ2n) is 23.2. The Labute approximate surface area is 462 Å². The SMILES string of the molecule is CCCCCCCCCC/C=C/C(O)C(CO)NC(=O)CCCCCCCCCCCCCCCC/C=C\CCCCCCCCCCCCCCOC(=O)CCCCCCCCCCCCCCCCCCC. The molecule has 6 heteroatoms. The van der Waals surface area contributed by atoms with E-state index in [-0.39, 0.29) is 18.5 Å². The average Bonchev–Trinajstić information content (AvgIpc) is 3.40. The summed E-state index contributed by atoms with van der Waals surface area (Å²) in [5.74, 6) is -0.0459. The molecule has 3 N–H and O–H groups in total. The zero-order valence-corrected chi connectivity index (χ0v) is 50.1. The van der Waals surface area contributed by atoms with Crippen molar-refractivity contribution in [2.45, 2.75) is 386 Å². The van der Waals surface area contributed by atoms with E-state index in [2.05, 4.69) is 31.3 Å². The number of carbonyl (C=O) groups is 2. The Balaban J connectivity index is 3.33. The molecule has 0 bridgehead atoms. The van der Waals surface area contributed by atoms with Crippen LogP contribution in [0.25, 0.3) is 0 Å². The number of ether oxygens (including phenoxy) is 1. The number of aliphatic hydroxyl groups excluding tert-OH is 2. The van der Waals surface area contributed by atoms with Crippen LogP contribution in [-0.2, 0) is 14.3 Å². The first kappa shape index (κ1) is 72.3. The van der Waals surface area contributed by atoms with E-state index in [1.54, 1.807) is 6.08 Å². The van der Waals surface area contributed by atoms with Crippen LogP contribution in [0.5, 0.6) is 0 Å². The maximum absolute atomic E-state index is 12.4. The van der Waals surface area contributed by atoms with Crippen molar-refractivity contribution in [2.75, 3.05) is 13.2 Å². The van der Waals surface area contributed by atoms with Crippen LogP contribution in [0.15, 0.2) is 24.3 Å². The smallest absolute Gasteiger partial charge is 0.305 e. The fraction of sp³-hybridized carbons (Fsp3) is 0.912. The van der Waals surface area contributed by atoms with Crippen LogP contribution >= 0.6 is 0 Å². The van der Waals surface area contributed by atoms with Gasteiger partial charge in [0, 0.05) is 12.8 Å². The van der Waals surface area contributed by atoms with Gasteiger partial charge < -0.3 is 20.3 Å². The van der Waals surface area contributed by atoms with Crippen molar-refractivity contribution < 1.29 is 24.5 Å². The van der Waals surface area contributed by atoms with Crippen LogP contribution in [0.3, 0.4) is 0 Å². The number of amides is 1. The number of nitrogens with one attached hydrogen (secondary N) is 1. The number of aliphatic hydroxyl groups is 2. The minimum absolute atomic E-state index is 0.0211. The van der Waals surface area contributed by atoms with Crippen LogP contribution in [0.2, 0.25) is 0 Å². The van der Waals surface area contributed by atoms with E-state index in [0.29, 0.717) is 19.4 Å². The molecule has 0 aromatic heterocycles. The molecule has 0 radical (unpaired) electrons. The summed E-state index contributed by atoms with van der Waals surface area (Å²) in [5.41, 5.74) is 0. The molecule has 0 aliphatic rings. The van der Waals surface area contributed by atoms with Crippen LogP contribution < -0.4 is 5.32 Å². The van der Waals surface area contributed by atoms with Gasteiger partial charge in [-0.05, 0) is 57.8 Å². The van der Waals surface area contributed by atoms with Gasteiger partial charge in [-0.15, -0.1) is 0 Å². The Bertz CT molecular complexity index is 1150. The molecular formula is C68H131NO5. The number of carbonyl (C=O) groups excluding carboxylic acids is 2. The molecule has 0 saturated heterocycles. The normalized spacial score (nSPS) is 12.6. The summed E-state index contributed by atoms with van der Waals surface area (Å²) in [6, 6.07) is -0.624. The van der Waals surface area contributed by atoms with Gasteiger partial charge in [0.15, 0.2) is 0 Å². The summed E-state index contributed by atoms with van der Waals surface area (Å²) in [6.45, 7) is 4.91. The summed E-state index contributed by atoms with van der Waals surface area (Å²) in [5, 5.41) is 23.0. The van der Waals surface area contributed by atoms with Gasteiger partial charge in [-0.25, -0.2) is 0 Å². The predicted molar refractivity (Wildman–Crippen MR) is 324 cm³/mol. The van der Waals surface area contributed by atoms with Crippen molar-refractivity contribution >= 4 is 11.9 Å². The fourth-order valence-electron chi connectivity index (χ4n) is 10.6. The maximum atomic E-state index is 12.4. The summed E-state index contributed by atoms with van der Waals surface area (Å²) < 4.78 is 5.50. The highest BCUT2D eigenvalue weighted by atomic mass is 16.5. The standard InChI is InChI=1S/C68H131NO5/c1-3-5-7-9-11-13-15-16-17-32-36-39-42-46-50-54-58-62-68(73)74-63-59-55-51-47-43-40-37-34-31-29-27-25-23-21-19-18-20-22-24-26-28-30-33-35-38-41-45-49-53-57-61-67(72)69-65(64-70)66(71)60-56-52-48-44-14-12-10-8-6-4-2/h19,21,56,60,65-66,70-71H,3-18,20,22-55,57-59,61-64H2,1-2H3,(H,69,72)/b21-19-,60-56+. The van der Waals surface area contributed by atoms with Gasteiger partial charge in [0.25, 0.3) is 0 Å². The lowest BCUT2D eigenvalue weighted by Crippen LogP contribution is -2.45. The van der Waals surface area contributed by atoms with Crippen LogP contribution in [-0.4, -0.2) is 47.4 Å².